The highest BCUT2D eigenvalue weighted by Gasteiger charge is 2.12. The number of hydrogen-bond acceptors (Lipinski definition) is 3. The van der Waals surface area contributed by atoms with Crippen molar-refractivity contribution in [1.82, 2.24) is 10.2 Å². The first-order valence-electron chi connectivity index (χ1n) is 6.41. The van der Waals surface area contributed by atoms with E-state index in [2.05, 4.69) is 16.3 Å². The third kappa shape index (κ3) is 1.82. The molecule has 0 fully saturated rings. The third-order valence-corrected chi connectivity index (χ3v) is 3.33. The van der Waals surface area contributed by atoms with Crippen molar-refractivity contribution >= 4 is 23.1 Å². The number of para-hydroxylation sites is 1. The quantitative estimate of drug-likeness (QED) is 0.771. The lowest BCUT2D eigenvalue weighted by molar-refractivity contribution is 0.174. The zero-order valence-corrected chi connectivity index (χ0v) is 10.7. The molecule has 4 heteroatoms. The van der Waals surface area contributed by atoms with E-state index in [0.29, 0.717) is 6.79 Å². The van der Waals surface area contributed by atoms with E-state index in [1.807, 2.05) is 48.6 Å². The number of hydrogen-bond donors (Lipinski definition) is 1. The molecule has 98 valence electrons. The maximum atomic E-state index is 5.37. The fourth-order valence-corrected chi connectivity index (χ4v) is 2.30. The second-order valence-electron chi connectivity index (χ2n) is 4.60. The van der Waals surface area contributed by atoms with Gasteiger partial charge in [-0.15, -0.1) is 0 Å². The molecule has 0 saturated heterocycles. The lowest BCUT2D eigenvalue weighted by atomic mass is 10.1. The molecule has 0 saturated carbocycles. The molecule has 1 N–H and O–H groups in total. The van der Waals surface area contributed by atoms with Gasteiger partial charge in [-0.05, 0) is 29.8 Å². The largest absolute Gasteiger partial charge is 0.454 e. The molecule has 1 aromatic heterocycles. The molecule has 1 aliphatic heterocycles. The number of rotatable bonds is 2. The lowest BCUT2D eigenvalue weighted by Gasteiger charge is -1.97. The van der Waals surface area contributed by atoms with Crippen molar-refractivity contribution in [3.63, 3.8) is 0 Å². The monoisotopic (exact) mass is 264 g/mol. The number of benzene rings is 2. The summed E-state index contributed by atoms with van der Waals surface area (Å²) in [4.78, 5) is 0. The number of aromatic amines is 1. The van der Waals surface area contributed by atoms with Crippen LogP contribution < -0.4 is 9.47 Å². The Kier molecular flexibility index (Phi) is 2.45. The molecule has 2 aromatic carbocycles. The molecular formula is C16H12N2O2. The molecule has 0 bridgehead atoms. The van der Waals surface area contributed by atoms with Crippen molar-refractivity contribution in [2.45, 2.75) is 0 Å². The summed E-state index contributed by atoms with van der Waals surface area (Å²) in [6, 6.07) is 14.0. The fourth-order valence-electron chi connectivity index (χ4n) is 2.30. The summed E-state index contributed by atoms with van der Waals surface area (Å²) in [5, 5.41) is 8.45. The maximum absolute atomic E-state index is 5.37. The van der Waals surface area contributed by atoms with Gasteiger partial charge < -0.3 is 9.47 Å². The lowest BCUT2D eigenvalue weighted by Crippen LogP contribution is -1.92. The Balaban J connectivity index is 1.68. The third-order valence-electron chi connectivity index (χ3n) is 3.33. The zero-order valence-electron chi connectivity index (χ0n) is 10.7. The van der Waals surface area contributed by atoms with Gasteiger partial charge in [0.1, 0.15) is 0 Å². The summed E-state index contributed by atoms with van der Waals surface area (Å²) in [6.07, 6.45) is 4.01. The van der Waals surface area contributed by atoms with Crippen LogP contribution >= 0.6 is 0 Å². The smallest absolute Gasteiger partial charge is 0.231 e. The average Bonchev–Trinajstić information content (AvgIpc) is 3.11. The Labute approximate surface area is 115 Å². The van der Waals surface area contributed by atoms with Crippen LogP contribution in [0, 0.1) is 0 Å². The summed E-state index contributed by atoms with van der Waals surface area (Å²) in [5.74, 6) is 1.59. The minimum absolute atomic E-state index is 0.298. The van der Waals surface area contributed by atoms with Gasteiger partial charge >= 0.3 is 0 Å². The van der Waals surface area contributed by atoms with Gasteiger partial charge in [0.15, 0.2) is 11.5 Å². The second-order valence-corrected chi connectivity index (χ2v) is 4.60. The van der Waals surface area contributed by atoms with E-state index in [1.54, 1.807) is 0 Å². The molecule has 0 radical (unpaired) electrons. The first kappa shape index (κ1) is 11.1. The highest BCUT2D eigenvalue weighted by molar-refractivity contribution is 5.89. The van der Waals surface area contributed by atoms with Gasteiger partial charge in [0, 0.05) is 5.39 Å². The topological polar surface area (TPSA) is 47.1 Å². The maximum Gasteiger partial charge on any atom is 0.231 e. The van der Waals surface area contributed by atoms with Gasteiger partial charge in [0.05, 0.1) is 11.2 Å². The minimum Gasteiger partial charge on any atom is -0.454 e. The van der Waals surface area contributed by atoms with E-state index < -0.39 is 0 Å². The van der Waals surface area contributed by atoms with E-state index in [9.17, 15) is 0 Å². The number of fused-ring (bicyclic) bond motifs is 2. The van der Waals surface area contributed by atoms with E-state index in [-0.39, 0.29) is 0 Å². The van der Waals surface area contributed by atoms with Gasteiger partial charge in [-0.1, -0.05) is 30.3 Å². The van der Waals surface area contributed by atoms with E-state index in [4.69, 9.17) is 9.47 Å². The van der Waals surface area contributed by atoms with Crippen LogP contribution in [-0.2, 0) is 0 Å². The standard InChI is InChI=1S/C16H12N2O2/c1-2-4-13-12(3-1)14(18-17-13)7-5-11-6-8-15-16(9-11)20-10-19-15/h1-9H,10H2,(H,17,18). The Hall–Kier alpha value is -2.75. The summed E-state index contributed by atoms with van der Waals surface area (Å²) in [5.41, 5.74) is 3.03. The van der Waals surface area contributed by atoms with Crippen LogP contribution in [0.5, 0.6) is 11.5 Å². The highest BCUT2D eigenvalue weighted by Crippen LogP contribution is 2.33. The van der Waals surface area contributed by atoms with Crippen LogP contribution in [0.3, 0.4) is 0 Å². The van der Waals surface area contributed by atoms with Gasteiger partial charge in [0.2, 0.25) is 6.79 Å². The van der Waals surface area contributed by atoms with Gasteiger partial charge in [-0.25, -0.2) is 0 Å². The molecular weight excluding hydrogens is 252 g/mol. The summed E-state index contributed by atoms with van der Waals surface area (Å²) in [6.45, 7) is 0.298. The van der Waals surface area contributed by atoms with Gasteiger partial charge in [0.25, 0.3) is 0 Å². The van der Waals surface area contributed by atoms with Crippen LogP contribution in [0.15, 0.2) is 42.5 Å². The number of H-pyrrole nitrogens is 1. The molecule has 0 aliphatic carbocycles. The van der Waals surface area contributed by atoms with E-state index in [0.717, 1.165) is 33.7 Å². The average molecular weight is 264 g/mol. The molecule has 2 heterocycles. The molecule has 1 aliphatic rings. The fraction of sp³-hybridized carbons (Fsp3) is 0.0625. The number of nitrogens with one attached hydrogen (secondary N) is 1. The Morgan fingerprint density at radius 2 is 1.90 bits per heavy atom. The summed E-state index contributed by atoms with van der Waals surface area (Å²) < 4.78 is 10.7. The van der Waals surface area contributed by atoms with Crippen molar-refractivity contribution in [2.75, 3.05) is 6.79 Å². The molecule has 0 spiro atoms. The predicted octanol–water partition coefficient (Wildman–Crippen LogP) is 3.46. The molecule has 4 nitrogen and oxygen atoms in total. The van der Waals surface area contributed by atoms with Gasteiger partial charge in [-0.3, -0.25) is 5.10 Å². The number of aromatic nitrogens is 2. The summed E-state index contributed by atoms with van der Waals surface area (Å²) in [7, 11) is 0. The second kappa shape index (κ2) is 4.42. The van der Waals surface area contributed by atoms with E-state index in [1.165, 1.54) is 0 Å². The normalized spacial score (nSPS) is 13.4. The predicted molar refractivity (Wildman–Crippen MR) is 77.6 cm³/mol. The molecule has 0 atom stereocenters. The minimum atomic E-state index is 0.298. The first-order valence-corrected chi connectivity index (χ1v) is 6.41. The van der Waals surface area contributed by atoms with Crippen molar-refractivity contribution in [3.05, 3.63) is 53.7 Å². The van der Waals surface area contributed by atoms with Crippen LogP contribution in [0.25, 0.3) is 23.1 Å². The molecule has 20 heavy (non-hydrogen) atoms. The SMILES string of the molecule is C(=Cc1n[nH]c2ccccc12)c1ccc2c(c1)OCO2. The molecule has 0 unspecified atom stereocenters. The first-order chi connectivity index (χ1) is 9.90. The number of nitrogens with zero attached hydrogens (tertiary/aromatic N) is 1. The molecule has 4 rings (SSSR count). The van der Waals surface area contributed by atoms with Crippen molar-refractivity contribution in [3.8, 4) is 11.5 Å². The van der Waals surface area contributed by atoms with Crippen molar-refractivity contribution < 1.29 is 9.47 Å². The van der Waals surface area contributed by atoms with Crippen molar-refractivity contribution in [1.29, 1.82) is 0 Å². The Morgan fingerprint density at radius 1 is 1.00 bits per heavy atom. The zero-order chi connectivity index (χ0) is 13.4. The number of ether oxygens (including phenoxy) is 2. The van der Waals surface area contributed by atoms with Crippen LogP contribution in [0.2, 0.25) is 0 Å². The van der Waals surface area contributed by atoms with Crippen LogP contribution in [0.1, 0.15) is 11.3 Å². The molecule has 0 amide bonds. The van der Waals surface area contributed by atoms with Crippen LogP contribution in [-0.4, -0.2) is 17.0 Å². The molecule has 3 aromatic rings. The van der Waals surface area contributed by atoms with Crippen LogP contribution in [0.4, 0.5) is 0 Å². The van der Waals surface area contributed by atoms with Crippen molar-refractivity contribution in [2.24, 2.45) is 0 Å². The Bertz CT molecular complexity index is 805. The Morgan fingerprint density at radius 3 is 2.90 bits per heavy atom. The summed E-state index contributed by atoms with van der Waals surface area (Å²) >= 11 is 0. The van der Waals surface area contributed by atoms with E-state index >= 15 is 0 Å². The van der Waals surface area contributed by atoms with Gasteiger partial charge in [-0.2, -0.15) is 5.10 Å². The highest BCUT2D eigenvalue weighted by atomic mass is 16.7.